The molecule has 0 aromatic carbocycles. The summed E-state index contributed by atoms with van der Waals surface area (Å²) in [4.78, 5) is 11.8. The van der Waals surface area contributed by atoms with Gasteiger partial charge < -0.3 is 0 Å². The summed E-state index contributed by atoms with van der Waals surface area (Å²) < 4.78 is 22.0. The molecule has 0 spiro atoms. The summed E-state index contributed by atoms with van der Waals surface area (Å²) in [7, 11) is -3.00. The van der Waals surface area contributed by atoms with E-state index in [-0.39, 0.29) is 23.9 Å². The maximum Gasteiger partial charge on any atom is 0.147 e. The Morgan fingerprint density at radius 3 is 2.56 bits per heavy atom. The number of hydrogen-bond acceptors (Lipinski definition) is 3. The zero-order chi connectivity index (χ0) is 12.2. The number of rotatable bonds is 5. The van der Waals surface area contributed by atoms with Crippen molar-refractivity contribution in [2.24, 2.45) is 11.8 Å². The van der Waals surface area contributed by atoms with Crippen molar-refractivity contribution in [1.29, 1.82) is 0 Å². The van der Waals surface area contributed by atoms with E-state index in [1.165, 1.54) is 12.7 Å². The van der Waals surface area contributed by atoms with Crippen LogP contribution in [0.2, 0.25) is 0 Å². The van der Waals surface area contributed by atoms with E-state index in [1.54, 1.807) is 0 Å². The van der Waals surface area contributed by atoms with E-state index in [9.17, 15) is 13.2 Å². The van der Waals surface area contributed by atoms with E-state index in [0.717, 1.165) is 25.7 Å². The van der Waals surface area contributed by atoms with Crippen LogP contribution in [0.4, 0.5) is 0 Å². The van der Waals surface area contributed by atoms with Crippen LogP contribution in [-0.2, 0) is 14.6 Å². The molecule has 4 heteroatoms. The topological polar surface area (TPSA) is 51.2 Å². The highest BCUT2D eigenvalue weighted by atomic mass is 32.2. The van der Waals surface area contributed by atoms with Crippen molar-refractivity contribution in [3.63, 3.8) is 0 Å². The molecule has 0 heterocycles. The standard InChI is InChI=1S/C12H22O3S/c1-3-10-5-4-6-11(9-10)12(13)7-8-16(2,14)15/h10-11H,3-9H2,1-2H3. The van der Waals surface area contributed by atoms with Gasteiger partial charge in [-0.15, -0.1) is 0 Å². The fraction of sp³-hybridized carbons (Fsp3) is 0.917. The summed E-state index contributed by atoms with van der Waals surface area (Å²) in [6.45, 7) is 2.16. The van der Waals surface area contributed by atoms with Gasteiger partial charge in [0.15, 0.2) is 0 Å². The summed E-state index contributed by atoms with van der Waals surface area (Å²) in [6.07, 6.45) is 6.81. The third-order valence-corrected chi connectivity index (χ3v) is 4.48. The molecular formula is C12H22O3S. The molecule has 0 radical (unpaired) electrons. The van der Waals surface area contributed by atoms with Crippen molar-refractivity contribution in [3.8, 4) is 0 Å². The summed E-state index contributed by atoms with van der Waals surface area (Å²) in [5, 5.41) is 0. The van der Waals surface area contributed by atoms with Gasteiger partial charge >= 0.3 is 0 Å². The molecule has 1 aliphatic carbocycles. The number of Topliss-reactive ketones (excluding diaryl/α,β-unsaturated/α-hetero) is 1. The molecule has 1 saturated carbocycles. The minimum absolute atomic E-state index is 0.0130. The fourth-order valence-corrected chi connectivity index (χ4v) is 3.02. The first kappa shape index (κ1) is 13.7. The Kier molecular flexibility index (Phi) is 4.96. The third-order valence-electron chi connectivity index (χ3n) is 3.53. The predicted molar refractivity (Wildman–Crippen MR) is 65.1 cm³/mol. The Labute approximate surface area is 98.5 Å². The van der Waals surface area contributed by atoms with Gasteiger partial charge in [-0.25, -0.2) is 8.42 Å². The number of ketones is 1. The summed E-state index contributed by atoms with van der Waals surface area (Å²) in [6, 6.07) is 0. The number of carbonyl (C=O) groups excluding carboxylic acids is 1. The molecule has 1 aliphatic rings. The van der Waals surface area contributed by atoms with Crippen LogP contribution in [0.3, 0.4) is 0 Å². The Hall–Kier alpha value is -0.380. The molecule has 1 rings (SSSR count). The second kappa shape index (κ2) is 5.80. The number of sulfone groups is 1. The lowest BCUT2D eigenvalue weighted by Crippen LogP contribution is -2.24. The molecule has 0 saturated heterocycles. The molecule has 2 atom stereocenters. The van der Waals surface area contributed by atoms with Crippen LogP contribution in [0.5, 0.6) is 0 Å². The highest BCUT2D eigenvalue weighted by Crippen LogP contribution is 2.32. The Bertz CT molecular complexity index is 332. The second-order valence-electron chi connectivity index (χ2n) is 4.98. The average molecular weight is 246 g/mol. The Morgan fingerprint density at radius 1 is 1.31 bits per heavy atom. The van der Waals surface area contributed by atoms with Crippen molar-refractivity contribution >= 4 is 15.6 Å². The fourth-order valence-electron chi connectivity index (χ4n) is 2.44. The molecule has 2 unspecified atom stereocenters. The molecule has 0 aliphatic heterocycles. The largest absolute Gasteiger partial charge is 0.299 e. The maximum atomic E-state index is 11.8. The Morgan fingerprint density at radius 2 is 2.00 bits per heavy atom. The van der Waals surface area contributed by atoms with Crippen molar-refractivity contribution in [3.05, 3.63) is 0 Å². The van der Waals surface area contributed by atoms with Crippen molar-refractivity contribution in [2.75, 3.05) is 12.0 Å². The second-order valence-corrected chi connectivity index (χ2v) is 7.24. The lowest BCUT2D eigenvalue weighted by molar-refractivity contribution is -0.123. The van der Waals surface area contributed by atoms with Gasteiger partial charge in [-0.1, -0.05) is 26.2 Å². The number of carbonyl (C=O) groups is 1. The quantitative estimate of drug-likeness (QED) is 0.747. The van der Waals surface area contributed by atoms with Gasteiger partial charge in [-0.05, 0) is 18.8 Å². The molecule has 0 N–H and O–H groups in total. The van der Waals surface area contributed by atoms with Crippen LogP contribution in [0.25, 0.3) is 0 Å². The molecule has 0 amide bonds. The van der Waals surface area contributed by atoms with E-state index in [2.05, 4.69) is 6.92 Å². The average Bonchev–Trinajstić information content (AvgIpc) is 2.25. The summed E-state index contributed by atoms with van der Waals surface area (Å²) >= 11 is 0. The van der Waals surface area contributed by atoms with Gasteiger partial charge in [0.2, 0.25) is 0 Å². The lowest BCUT2D eigenvalue weighted by Gasteiger charge is -2.27. The normalized spacial score (nSPS) is 26.6. The summed E-state index contributed by atoms with van der Waals surface area (Å²) in [5.41, 5.74) is 0. The Balaban J connectivity index is 2.41. The summed E-state index contributed by atoms with van der Waals surface area (Å²) in [5.74, 6) is 0.962. The van der Waals surface area contributed by atoms with E-state index in [1.807, 2.05) is 0 Å². The first-order valence-electron chi connectivity index (χ1n) is 6.12. The van der Waals surface area contributed by atoms with E-state index in [4.69, 9.17) is 0 Å². The third kappa shape index (κ3) is 4.64. The van der Waals surface area contributed by atoms with Crippen LogP contribution in [0.15, 0.2) is 0 Å². The minimum Gasteiger partial charge on any atom is -0.299 e. The van der Waals surface area contributed by atoms with Gasteiger partial charge in [-0.2, -0.15) is 0 Å². The van der Waals surface area contributed by atoms with Gasteiger partial charge in [0.05, 0.1) is 5.75 Å². The first-order chi connectivity index (χ1) is 7.42. The highest BCUT2D eigenvalue weighted by molar-refractivity contribution is 7.90. The van der Waals surface area contributed by atoms with Gasteiger partial charge in [0.25, 0.3) is 0 Å². The number of hydrogen-bond donors (Lipinski definition) is 0. The van der Waals surface area contributed by atoms with Gasteiger partial charge in [0.1, 0.15) is 15.6 Å². The van der Waals surface area contributed by atoms with Crippen molar-refractivity contribution in [2.45, 2.75) is 45.4 Å². The molecule has 1 fully saturated rings. The van der Waals surface area contributed by atoms with Crippen LogP contribution >= 0.6 is 0 Å². The van der Waals surface area contributed by atoms with Crippen molar-refractivity contribution < 1.29 is 13.2 Å². The molecule has 0 aromatic rings. The van der Waals surface area contributed by atoms with E-state index in [0.29, 0.717) is 5.92 Å². The molecule has 94 valence electrons. The zero-order valence-electron chi connectivity index (χ0n) is 10.2. The van der Waals surface area contributed by atoms with Crippen LogP contribution in [-0.4, -0.2) is 26.2 Å². The van der Waals surface area contributed by atoms with Gasteiger partial charge in [-0.3, -0.25) is 4.79 Å². The molecule has 0 aromatic heterocycles. The smallest absolute Gasteiger partial charge is 0.147 e. The van der Waals surface area contributed by atoms with E-state index >= 15 is 0 Å². The predicted octanol–water partition coefficient (Wildman–Crippen LogP) is 2.21. The molecule has 16 heavy (non-hydrogen) atoms. The van der Waals surface area contributed by atoms with Crippen molar-refractivity contribution in [1.82, 2.24) is 0 Å². The SMILES string of the molecule is CCC1CCCC(C(=O)CCS(C)(=O)=O)C1. The monoisotopic (exact) mass is 246 g/mol. The zero-order valence-corrected chi connectivity index (χ0v) is 11.1. The molecule has 3 nitrogen and oxygen atoms in total. The molecule has 0 bridgehead atoms. The highest BCUT2D eigenvalue weighted by Gasteiger charge is 2.26. The lowest BCUT2D eigenvalue weighted by atomic mass is 9.78. The van der Waals surface area contributed by atoms with Crippen LogP contribution in [0, 0.1) is 11.8 Å². The van der Waals surface area contributed by atoms with Crippen LogP contribution in [0.1, 0.15) is 45.4 Å². The van der Waals surface area contributed by atoms with Crippen LogP contribution < -0.4 is 0 Å². The van der Waals surface area contributed by atoms with E-state index < -0.39 is 9.84 Å². The maximum absolute atomic E-state index is 11.8. The minimum atomic E-state index is -3.00. The first-order valence-corrected chi connectivity index (χ1v) is 8.19. The van der Waals surface area contributed by atoms with Gasteiger partial charge in [0, 0.05) is 18.6 Å². The molecular weight excluding hydrogens is 224 g/mol.